The molecule has 0 aliphatic carbocycles. The van der Waals surface area contributed by atoms with Gasteiger partial charge in [0, 0.05) is 37.6 Å². The molecule has 0 radical (unpaired) electrons. The monoisotopic (exact) mass is 328 g/mol. The van der Waals surface area contributed by atoms with Crippen molar-refractivity contribution >= 4 is 17.5 Å². The van der Waals surface area contributed by atoms with E-state index in [1.54, 1.807) is 0 Å². The molecule has 0 unspecified atom stereocenters. The summed E-state index contributed by atoms with van der Waals surface area (Å²) < 4.78 is 0. The molecule has 0 bridgehead atoms. The summed E-state index contributed by atoms with van der Waals surface area (Å²) >= 11 is 5.87. The van der Waals surface area contributed by atoms with Crippen LogP contribution in [0.25, 0.3) is 0 Å². The molecule has 0 spiro atoms. The van der Waals surface area contributed by atoms with E-state index in [4.69, 9.17) is 11.6 Å². The molecule has 1 amide bonds. The highest BCUT2D eigenvalue weighted by Crippen LogP contribution is 2.18. The standard InChI is InChI=1S/C19H21ClN2O/c20-18-7-5-15(6-8-18)13-21-11-9-19(23)22-12-10-16-3-1-2-4-17(16)14-22/h1-8,21H,9-14H2. The first-order valence-corrected chi connectivity index (χ1v) is 8.40. The summed E-state index contributed by atoms with van der Waals surface area (Å²) in [5.41, 5.74) is 3.83. The number of carbonyl (C=O) groups excluding carboxylic acids is 1. The molecule has 1 aliphatic heterocycles. The molecule has 0 aromatic heterocycles. The van der Waals surface area contributed by atoms with Crippen LogP contribution in [0, 0.1) is 0 Å². The van der Waals surface area contributed by atoms with E-state index in [9.17, 15) is 4.79 Å². The summed E-state index contributed by atoms with van der Waals surface area (Å²) in [5, 5.41) is 4.06. The molecule has 1 aliphatic rings. The van der Waals surface area contributed by atoms with Gasteiger partial charge in [-0.1, -0.05) is 48.0 Å². The van der Waals surface area contributed by atoms with Crippen molar-refractivity contribution in [3.05, 3.63) is 70.2 Å². The van der Waals surface area contributed by atoms with Crippen molar-refractivity contribution in [1.29, 1.82) is 0 Å². The molecule has 120 valence electrons. The second kappa shape index (κ2) is 7.62. The molecule has 4 heteroatoms. The average molecular weight is 329 g/mol. The first kappa shape index (κ1) is 16.0. The van der Waals surface area contributed by atoms with Gasteiger partial charge in [0.25, 0.3) is 0 Å². The minimum Gasteiger partial charge on any atom is -0.338 e. The van der Waals surface area contributed by atoms with Gasteiger partial charge in [0.15, 0.2) is 0 Å². The Morgan fingerprint density at radius 3 is 2.61 bits per heavy atom. The predicted octanol–water partition coefficient (Wildman–Crippen LogP) is 3.40. The zero-order valence-corrected chi connectivity index (χ0v) is 13.9. The fraction of sp³-hybridized carbons (Fsp3) is 0.316. The lowest BCUT2D eigenvalue weighted by Crippen LogP contribution is -2.37. The predicted molar refractivity (Wildman–Crippen MR) is 93.3 cm³/mol. The first-order chi connectivity index (χ1) is 11.2. The Labute approximate surface area is 142 Å². The number of hydrogen-bond donors (Lipinski definition) is 1. The summed E-state index contributed by atoms with van der Waals surface area (Å²) in [6.45, 7) is 3.02. The van der Waals surface area contributed by atoms with E-state index < -0.39 is 0 Å². The quantitative estimate of drug-likeness (QED) is 0.853. The van der Waals surface area contributed by atoms with E-state index in [1.165, 1.54) is 16.7 Å². The maximum Gasteiger partial charge on any atom is 0.224 e. The highest BCUT2D eigenvalue weighted by molar-refractivity contribution is 6.30. The molecule has 0 atom stereocenters. The van der Waals surface area contributed by atoms with Gasteiger partial charge in [0.1, 0.15) is 0 Å². The Bertz CT molecular complexity index is 669. The Kier molecular flexibility index (Phi) is 5.31. The van der Waals surface area contributed by atoms with Crippen molar-refractivity contribution in [2.45, 2.75) is 25.9 Å². The second-order valence-corrected chi connectivity index (χ2v) is 6.32. The van der Waals surface area contributed by atoms with Gasteiger partial charge in [-0.05, 0) is 35.2 Å². The smallest absolute Gasteiger partial charge is 0.224 e. The van der Waals surface area contributed by atoms with E-state index >= 15 is 0 Å². The number of nitrogens with zero attached hydrogens (tertiary/aromatic N) is 1. The fourth-order valence-corrected chi connectivity index (χ4v) is 3.02. The Morgan fingerprint density at radius 2 is 1.83 bits per heavy atom. The van der Waals surface area contributed by atoms with E-state index in [2.05, 4.69) is 23.5 Å². The minimum atomic E-state index is 0.225. The van der Waals surface area contributed by atoms with Gasteiger partial charge >= 0.3 is 0 Å². The van der Waals surface area contributed by atoms with Crippen molar-refractivity contribution in [3.8, 4) is 0 Å². The van der Waals surface area contributed by atoms with Gasteiger partial charge in [-0.25, -0.2) is 0 Å². The molecule has 1 heterocycles. The van der Waals surface area contributed by atoms with Crippen LogP contribution in [0.4, 0.5) is 0 Å². The Balaban J connectivity index is 1.42. The number of fused-ring (bicyclic) bond motifs is 1. The van der Waals surface area contributed by atoms with Gasteiger partial charge in [-0.15, -0.1) is 0 Å². The highest BCUT2D eigenvalue weighted by atomic mass is 35.5. The summed E-state index contributed by atoms with van der Waals surface area (Å²) in [6, 6.07) is 16.1. The molecule has 3 rings (SSSR count). The normalized spacial score (nSPS) is 13.7. The topological polar surface area (TPSA) is 32.3 Å². The van der Waals surface area contributed by atoms with Crippen molar-refractivity contribution in [3.63, 3.8) is 0 Å². The maximum absolute atomic E-state index is 12.3. The zero-order chi connectivity index (χ0) is 16.1. The van der Waals surface area contributed by atoms with Gasteiger partial charge in [0.2, 0.25) is 5.91 Å². The molecule has 0 saturated carbocycles. The Morgan fingerprint density at radius 1 is 1.09 bits per heavy atom. The molecular weight excluding hydrogens is 308 g/mol. The lowest BCUT2D eigenvalue weighted by Gasteiger charge is -2.29. The van der Waals surface area contributed by atoms with Crippen LogP contribution in [0.5, 0.6) is 0 Å². The molecular formula is C19H21ClN2O. The summed E-state index contributed by atoms with van der Waals surface area (Å²) in [4.78, 5) is 14.3. The lowest BCUT2D eigenvalue weighted by atomic mass is 10.00. The van der Waals surface area contributed by atoms with E-state index in [0.717, 1.165) is 31.1 Å². The van der Waals surface area contributed by atoms with Gasteiger partial charge in [-0.3, -0.25) is 4.79 Å². The number of rotatable bonds is 5. The van der Waals surface area contributed by atoms with Gasteiger partial charge in [0.05, 0.1) is 0 Å². The van der Waals surface area contributed by atoms with Crippen LogP contribution in [-0.2, 0) is 24.3 Å². The van der Waals surface area contributed by atoms with Crippen LogP contribution in [-0.4, -0.2) is 23.9 Å². The summed E-state index contributed by atoms with van der Waals surface area (Å²) in [7, 11) is 0. The number of benzene rings is 2. The van der Waals surface area contributed by atoms with Crippen LogP contribution < -0.4 is 5.32 Å². The van der Waals surface area contributed by atoms with Crippen LogP contribution in [0.3, 0.4) is 0 Å². The number of amides is 1. The SMILES string of the molecule is O=C(CCNCc1ccc(Cl)cc1)N1CCc2ccccc2C1. The number of carbonyl (C=O) groups is 1. The van der Waals surface area contributed by atoms with Gasteiger partial charge < -0.3 is 10.2 Å². The summed E-state index contributed by atoms with van der Waals surface area (Å²) in [6.07, 6.45) is 1.50. The Hall–Kier alpha value is -1.84. The minimum absolute atomic E-state index is 0.225. The molecule has 2 aromatic rings. The highest BCUT2D eigenvalue weighted by Gasteiger charge is 2.19. The molecule has 3 nitrogen and oxygen atoms in total. The van der Waals surface area contributed by atoms with Crippen LogP contribution in [0.15, 0.2) is 48.5 Å². The van der Waals surface area contributed by atoms with Gasteiger partial charge in [-0.2, -0.15) is 0 Å². The average Bonchev–Trinajstić information content (AvgIpc) is 2.59. The summed E-state index contributed by atoms with van der Waals surface area (Å²) in [5.74, 6) is 0.225. The van der Waals surface area contributed by atoms with E-state index in [1.807, 2.05) is 35.2 Å². The largest absolute Gasteiger partial charge is 0.338 e. The zero-order valence-electron chi connectivity index (χ0n) is 13.1. The van der Waals surface area contributed by atoms with Crippen molar-refractivity contribution in [2.75, 3.05) is 13.1 Å². The lowest BCUT2D eigenvalue weighted by molar-refractivity contribution is -0.132. The molecule has 1 N–H and O–H groups in total. The molecule has 23 heavy (non-hydrogen) atoms. The van der Waals surface area contributed by atoms with Crippen molar-refractivity contribution < 1.29 is 4.79 Å². The first-order valence-electron chi connectivity index (χ1n) is 8.02. The van der Waals surface area contributed by atoms with E-state index in [0.29, 0.717) is 13.0 Å². The molecule has 2 aromatic carbocycles. The maximum atomic E-state index is 12.3. The van der Waals surface area contributed by atoms with Crippen molar-refractivity contribution in [2.24, 2.45) is 0 Å². The number of halogens is 1. The number of hydrogen-bond acceptors (Lipinski definition) is 2. The third kappa shape index (κ3) is 4.34. The van der Waals surface area contributed by atoms with E-state index in [-0.39, 0.29) is 5.91 Å². The fourth-order valence-electron chi connectivity index (χ4n) is 2.90. The van der Waals surface area contributed by atoms with Crippen LogP contribution >= 0.6 is 11.6 Å². The third-order valence-corrected chi connectivity index (χ3v) is 4.49. The van der Waals surface area contributed by atoms with Crippen LogP contribution in [0.2, 0.25) is 5.02 Å². The van der Waals surface area contributed by atoms with Crippen LogP contribution in [0.1, 0.15) is 23.1 Å². The second-order valence-electron chi connectivity index (χ2n) is 5.89. The molecule has 0 saturated heterocycles. The molecule has 0 fully saturated rings. The number of nitrogens with one attached hydrogen (secondary N) is 1. The van der Waals surface area contributed by atoms with Crippen molar-refractivity contribution in [1.82, 2.24) is 10.2 Å². The third-order valence-electron chi connectivity index (χ3n) is 4.24.